The molecule has 1 saturated heterocycles. The summed E-state index contributed by atoms with van der Waals surface area (Å²) in [6.07, 6.45) is 0. The van der Waals surface area contributed by atoms with Crippen LogP contribution < -0.4 is 14.8 Å². The van der Waals surface area contributed by atoms with E-state index >= 15 is 0 Å². The number of benzene rings is 1. The molecule has 1 fully saturated rings. The molecule has 1 aromatic carbocycles. The first-order valence-electron chi connectivity index (χ1n) is 6.39. The van der Waals surface area contributed by atoms with Gasteiger partial charge in [0.2, 0.25) is 5.91 Å². The van der Waals surface area contributed by atoms with Crippen LogP contribution >= 0.6 is 0 Å². The van der Waals surface area contributed by atoms with Crippen molar-refractivity contribution in [3.8, 4) is 11.5 Å². The van der Waals surface area contributed by atoms with Crippen LogP contribution in [0.2, 0.25) is 0 Å². The summed E-state index contributed by atoms with van der Waals surface area (Å²) in [6, 6.07) is 4.54. The van der Waals surface area contributed by atoms with Crippen LogP contribution in [0.4, 0.5) is 0 Å². The Morgan fingerprint density at radius 2 is 2.10 bits per heavy atom. The Balaban J connectivity index is 2.34. The third kappa shape index (κ3) is 2.54. The zero-order valence-electron chi connectivity index (χ0n) is 11.8. The molecule has 2 amide bonds. The molecular formula is C14H18N2O4. The molecule has 108 valence electrons. The zero-order chi connectivity index (χ0) is 14.7. The Hall–Kier alpha value is -2.24. The fraction of sp³-hybridized carbons (Fsp3) is 0.429. The number of hydrogen-bond acceptors (Lipinski definition) is 4. The standard InChI is InChI=1S/C14H18N2O4/c1-9-13(17)15-6-7-16(9)14(18)11-8-10(19-2)4-5-12(11)20-3/h4-5,8-9H,6-7H2,1-3H3,(H,15,17). The molecule has 0 spiro atoms. The van der Waals surface area contributed by atoms with Gasteiger partial charge >= 0.3 is 0 Å². The van der Waals surface area contributed by atoms with E-state index in [4.69, 9.17) is 9.47 Å². The predicted octanol–water partition coefficient (Wildman–Crippen LogP) is 0.664. The number of methoxy groups -OCH3 is 2. The minimum Gasteiger partial charge on any atom is -0.497 e. The van der Waals surface area contributed by atoms with E-state index in [2.05, 4.69) is 5.32 Å². The number of carbonyl (C=O) groups is 2. The highest BCUT2D eigenvalue weighted by molar-refractivity contribution is 6.00. The number of rotatable bonds is 3. The number of carbonyl (C=O) groups excluding carboxylic acids is 2. The second-order valence-electron chi connectivity index (χ2n) is 4.53. The molecule has 1 atom stereocenters. The molecule has 0 bridgehead atoms. The third-order valence-electron chi connectivity index (χ3n) is 3.40. The van der Waals surface area contributed by atoms with E-state index in [9.17, 15) is 9.59 Å². The highest BCUT2D eigenvalue weighted by Gasteiger charge is 2.31. The minimum atomic E-state index is -0.493. The maximum Gasteiger partial charge on any atom is 0.258 e. The summed E-state index contributed by atoms with van der Waals surface area (Å²) in [5, 5.41) is 2.73. The van der Waals surface area contributed by atoms with E-state index in [0.29, 0.717) is 30.2 Å². The Labute approximate surface area is 117 Å². The maximum atomic E-state index is 12.6. The van der Waals surface area contributed by atoms with Gasteiger partial charge in [0.25, 0.3) is 5.91 Å². The highest BCUT2D eigenvalue weighted by Crippen LogP contribution is 2.26. The van der Waals surface area contributed by atoms with Crippen LogP contribution in [0.25, 0.3) is 0 Å². The van der Waals surface area contributed by atoms with Crippen LogP contribution in [0.3, 0.4) is 0 Å². The van der Waals surface area contributed by atoms with Crippen molar-refractivity contribution in [3.63, 3.8) is 0 Å². The van der Waals surface area contributed by atoms with Crippen molar-refractivity contribution in [1.82, 2.24) is 10.2 Å². The van der Waals surface area contributed by atoms with E-state index in [0.717, 1.165) is 0 Å². The smallest absolute Gasteiger partial charge is 0.258 e. The van der Waals surface area contributed by atoms with Crippen LogP contribution in [-0.2, 0) is 4.79 Å². The van der Waals surface area contributed by atoms with Gasteiger partial charge in [-0.3, -0.25) is 9.59 Å². The number of hydrogen-bond donors (Lipinski definition) is 1. The number of nitrogens with zero attached hydrogens (tertiary/aromatic N) is 1. The maximum absolute atomic E-state index is 12.6. The van der Waals surface area contributed by atoms with Crippen LogP contribution in [0.5, 0.6) is 11.5 Å². The monoisotopic (exact) mass is 278 g/mol. The van der Waals surface area contributed by atoms with Crippen molar-refractivity contribution in [2.45, 2.75) is 13.0 Å². The lowest BCUT2D eigenvalue weighted by molar-refractivity contribution is -0.127. The Morgan fingerprint density at radius 1 is 1.35 bits per heavy atom. The fourth-order valence-electron chi connectivity index (χ4n) is 2.20. The van der Waals surface area contributed by atoms with Crippen molar-refractivity contribution in [2.75, 3.05) is 27.3 Å². The Bertz CT molecular complexity index is 530. The van der Waals surface area contributed by atoms with Crippen LogP contribution in [0.15, 0.2) is 18.2 Å². The molecule has 2 rings (SSSR count). The second-order valence-corrected chi connectivity index (χ2v) is 4.53. The molecule has 20 heavy (non-hydrogen) atoms. The molecule has 1 aliphatic rings. The van der Waals surface area contributed by atoms with E-state index in [-0.39, 0.29) is 11.8 Å². The van der Waals surface area contributed by atoms with Gasteiger partial charge in [0.1, 0.15) is 17.5 Å². The molecule has 6 heteroatoms. The fourth-order valence-corrected chi connectivity index (χ4v) is 2.20. The molecule has 1 N–H and O–H groups in total. The zero-order valence-corrected chi connectivity index (χ0v) is 11.8. The summed E-state index contributed by atoms with van der Waals surface area (Å²) < 4.78 is 10.3. The number of ether oxygens (including phenoxy) is 2. The van der Waals surface area contributed by atoms with Crippen LogP contribution in [-0.4, -0.2) is 50.1 Å². The molecule has 0 radical (unpaired) electrons. The van der Waals surface area contributed by atoms with Crippen molar-refractivity contribution in [3.05, 3.63) is 23.8 Å². The van der Waals surface area contributed by atoms with Gasteiger partial charge < -0.3 is 19.7 Å². The van der Waals surface area contributed by atoms with E-state index in [1.165, 1.54) is 19.1 Å². The van der Waals surface area contributed by atoms with E-state index < -0.39 is 6.04 Å². The highest BCUT2D eigenvalue weighted by atomic mass is 16.5. The van der Waals surface area contributed by atoms with E-state index in [1.54, 1.807) is 25.1 Å². The van der Waals surface area contributed by atoms with Gasteiger partial charge in [0.05, 0.1) is 19.8 Å². The molecule has 0 saturated carbocycles. The lowest BCUT2D eigenvalue weighted by Crippen LogP contribution is -2.55. The summed E-state index contributed by atoms with van der Waals surface area (Å²) in [5.74, 6) is 0.659. The number of piperazine rings is 1. The van der Waals surface area contributed by atoms with Gasteiger partial charge in [-0.15, -0.1) is 0 Å². The van der Waals surface area contributed by atoms with Gasteiger partial charge in [-0.05, 0) is 25.1 Å². The quantitative estimate of drug-likeness (QED) is 0.882. The Kier molecular flexibility index (Phi) is 4.12. The molecule has 0 aliphatic carbocycles. The lowest BCUT2D eigenvalue weighted by atomic mass is 10.1. The van der Waals surface area contributed by atoms with Gasteiger partial charge in [-0.2, -0.15) is 0 Å². The van der Waals surface area contributed by atoms with Crippen LogP contribution in [0, 0.1) is 0 Å². The molecule has 0 aromatic heterocycles. The summed E-state index contributed by atoms with van der Waals surface area (Å²) >= 11 is 0. The largest absolute Gasteiger partial charge is 0.497 e. The molecule has 1 aliphatic heterocycles. The van der Waals surface area contributed by atoms with Crippen molar-refractivity contribution >= 4 is 11.8 Å². The number of amides is 2. The predicted molar refractivity (Wildman–Crippen MR) is 73.1 cm³/mol. The second kappa shape index (κ2) is 5.81. The summed E-state index contributed by atoms with van der Waals surface area (Å²) in [4.78, 5) is 25.8. The van der Waals surface area contributed by atoms with Crippen molar-refractivity contribution in [2.24, 2.45) is 0 Å². The first kappa shape index (κ1) is 14.2. The molecule has 6 nitrogen and oxygen atoms in total. The Morgan fingerprint density at radius 3 is 2.75 bits per heavy atom. The minimum absolute atomic E-state index is 0.147. The first-order valence-corrected chi connectivity index (χ1v) is 6.39. The molecular weight excluding hydrogens is 260 g/mol. The summed E-state index contributed by atoms with van der Waals surface area (Å²) in [7, 11) is 3.04. The molecule has 1 aromatic rings. The SMILES string of the molecule is COc1ccc(OC)c(C(=O)N2CCNC(=O)C2C)c1. The lowest BCUT2D eigenvalue weighted by Gasteiger charge is -2.33. The van der Waals surface area contributed by atoms with E-state index in [1.807, 2.05) is 0 Å². The van der Waals surface area contributed by atoms with Crippen molar-refractivity contribution < 1.29 is 19.1 Å². The first-order chi connectivity index (χ1) is 9.58. The molecule has 1 heterocycles. The van der Waals surface area contributed by atoms with Crippen molar-refractivity contribution in [1.29, 1.82) is 0 Å². The third-order valence-corrected chi connectivity index (χ3v) is 3.40. The van der Waals surface area contributed by atoms with Crippen LogP contribution in [0.1, 0.15) is 17.3 Å². The summed E-state index contributed by atoms with van der Waals surface area (Å²) in [6.45, 7) is 2.65. The molecule has 1 unspecified atom stereocenters. The van der Waals surface area contributed by atoms with Gasteiger partial charge in [0, 0.05) is 13.1 Å². The average Bonchev–Trinajstić information content (AvgIpc) is 2.48. The normalized spacial score (nSPS) is 18.4. The number of nitrogens with one attached hydrogen (secondary N) is 1. The average molecular weight is 278 g/mol. The topological polar surface area (TPSA) is 67.9 Å². The summed E-state index contributed by atoms with van der Waals surface area (Å²) in [5.41, 5.74) is 0.397. The van der Waals surface area contributed by atoms with Gasteiger partial charge in [-0.25, -0.2) is 0 Å². The van der Waals surface area contributed by atoms with Gasteiger partial charge in [-0.1, -0.05) is 0 Å². The van der Waals surface area contributed by atoms with Gasteiger partial charge in [0.15, 0.2) is 0 Å².